The largest absolute Gasteiger partial charge is 0.435 e. The van der Waals surface area contributed by atoms with E-state index < -0.39 is 11.9 Å². The van der Waals surface area contributed by atoms with Crippen molar-refractivity contribution in [3.8, 4) is 5.82 Å². The van der Waals surface area contributed by atoms with Gasteiger partial charge in [0, 0.05) is 11.9 Å². The molecule has 4 nitrogen and oxygen atoms in total. The van der Waals surface area contributed by atoms with E-state index in [1.165, 1.54) is 17.3 Å². The number of dihydropyridines is 1. The summed E-state index contributed by atoms with van der Waals surface area (Å²) in [6.45, 7) is 0. The standard InChI is InChI=1S/C20H20BrF3N4/c21-17-8-4-6-14(25-17)19(11-2-1-3-12-19)15-7-5-9-18(26-15)28-13-10-16(27-28)20(22,23)24/h4-10,13,17,25H,1-3,11-12H2. The molecule has 0 amide bonds. The molecule has 0 spiro atoms. The second-order valence-corrected chi connectivity index (χ2v) is 8.16. The maximum absolute atomic E-state index is 12.9. The van der Waals surface area contributed by atoms with Crippen molar-refractivity contribution in [1.29, 1.82) is 0 Å². The van der Waals surface area contributed by atoms with E-state index in [-0.39, 0.29) is 10.4 Å². The predicted molar refractivity (Wildman–Crippen MR) is 104 cm³/mol. The summed E-state index contributed by atoms with van der Waals surface area (Å²) >= 11 is 3.58. The van der Waals surface area contributed by atoms with Crippen molar-refractivity contribution in [1.82, 2.24) is 20.1 Å². The highest BCUT2D eigenvalue weighted by atomic mass is 79.9. The minimum absolute atomic E-state index is 0.0509. The number of hydrogen-bond acceptors (Lipinski definition) is 3. The molecule has 1 fully saturated rings. The van der Waals surface area contributed by atoms with Crippen LogP contribution in [0.25, 0.3) is 5.82 Å². The third kappa shape index (κ3) is 3.62. The molecular formula is C20H20BrF3N4. The van der Waals surface area contributed by atoms with Gasteiger partial charge in [-0.1, -0.05) is 53.4 Å². The molecule has 2 aromatic rings. The average molecular weight is 453 g/mol. The quantitative estimate of drug-likeness (QED) is 0.510. The van der Waals surface area contributed by atoms with Crippen LogP contribution < -0.4 is 5.32 Å². The third-order valence-corrected chi connectivity index (χ3v) is 5.93. The number of nitrogens with one attached hydrogen (secondary N) is 1. The Morgan fingerprint density at radius 1 is 1.14 bits per heavy atom. The lowest BCUT2D eigenvalue weighted by atomic mass is 9.68. The van der Waals surface area contributed by atoms with E-state index in [4.69, 9.17) is 4.98 Å². The zero-order valence-corrected chi connectivity index (χ0v) is 16.7. The van der Waals surface area contributed by atoms with Gasteiger partial charge in [-0.2, -0.15) is 18.3 Å². The van der Waals surface area contributed by atoms with Crippen LogP contribution in [0.3, 0.4) is 0 Å². The summed E-state index contributed by atoms with van der Waals surface area (Å²) in [5, 5.41) is 7.15. The summed E-state index contributed by atoms with van der Waals surface area (Å²) in [5.74, 6) is 0.389. The first-order valence-electron chi connectivity index (χ1n) is 9.29. The van der Waals surface area contributed by atoms with Gasteiger partial charge in [0.1, 0.15) is 4.95 Å². The molecule has 0 saturated heterocycles. The van der Waals surface area contributed by atoms with Gasteiger partial charge >= 0.3 is 6.18 Å². The zero-order valence-electron chi connectivity index (χ0n) is 15.1. The Hall–Kier alpha value is -2.09. The molecule has 4 rings (SSSR count). The van der Waals surface area contributed by atoms with Gasteiger partial charge < -0.3 is 5.32 Å². The van der Waals surface area contributed by atoms with E-state index >= 15 is 0 Å². The maximum atomic E-state index is 12.9. The van der Waals surface area contributed by atoms with Gasteiger partial charge in [-0.05, 0) is 37.1 Å². The molecule has 1 atom stereocenters. The number of allylic oxidation sites excluding steroid dienone is 3. The lowest BCUT2D eigenvalue weighted by molar-refractivity contribution is -0.141. The van der Waals surface area contributed by atoms with Crippen LogP contribution in [0.15, 0.2) is 54.4 Å². The van der Waals surface area contributed by atoms with Crippen LogP contribution in [0, 0.1) is 0 Å². The van der Waals surface area contributed by atoms with E-state index in [9.17, 15) is 13.2 Å². The Kier molecular flexibility index (Phi) is 5.07. The van der Waals surface area contributed by atoms with E-state index in [0.717, 1.165) is 43.1 Å². The molecule has 28 heavy (non-hydrogen) atoms. The van der Waals surface area contributed by atoms with Gasteiger partial charge in [-0.25, -0.2) is 9.67 Å². The Balaban J connectivity index is 1.74. The summed E-state index contributed by atoms with van der Waals surface area (Å²) < 4.78 is 39.9. The van der Waals surface area contributed by atoms with Gasteiger partial charge in [0.15, 0.2) is 11.5 Å². The fraction of sp³-hybridized carbons (Fsp3) is 0.400. The van der Waals surface area contributed by atoms with Gasteiger partial charge in [0.25, 0.3) is 0 Å². The number of halogens is 4. The van der Waals surface area contributed by atoms with Crippen LogP contribution >= 0.6 is 15.9 Å². The highest BCUT2D eigenvalue weighted by Gasteiger charge is 2.40. The predicted octanol–water partition coefficient (Wildman–Crippen LogP) is 5.25. The Labute approximate surface area is 169 Å². The minimum Gasteiger partial charge on any atom is -0.372 e. The Bertz CT molecular complexity index is 910. The summed E-state index contributed by atoms with van der Waals surface area (Å²) in [5.41, 5.74) is 0.765. The van der Waals surface area contributed by atoms with Crippen molar-refractivity contribution in [2.45, 2.75) is 48.6 Å². The molecule has 1 unspecified atom stereocenters. The van der Waals surface area contributed by atoms with Crippen LogP contribution in [0.5, 0.6) is 0 Å². The van der Waals surface area contributed by atoms with Crippen LogP contribution in [-0.4, -0.2) is 19.7 Å². The molecule has 1 aliphatic heterocycles. The first-order valence-corrected chi connectivity index (χ1v) is 10.2. The topological polar surface area (TPSA) is 42.7 Å². The molecule has 2 aliphatic rings. The summed E-state index contributed by atoms with van der Waals surface area (Å²) in [6, 6.07) is 6.46. The van der Waals surface area contributed by atoms with Crippen molar-refractivity contribution in [2.24, 2.45) is 0 Å². The normalized spacial score (nSPS) is 21.9. The minimum atomic E-state index is -4.47. The highest BCUT2D eigenvalue weighted by Crippen LogP contribution is 2.44. The number of nitrogens with zero attached hydrogens (tertiary/aromatic N) is 3. The molecule has 0 bridgehead atoms. The third-order valence-electron chi connectivity index (χ3n) is 5.40. The van der Waals surface area contributed by atoms with Crippen molar-refractivity contribution in [3.63, 3.8) is 0 Å². The summed E-state index contributed by atoms with van der Waals surface area (Å²) in [4.78, 5) is 4.80. The fourth-order valence-corrected chi connectivity index (χ4v) is 4.45. The van der Waals surface area contributed by atoms with Crippen LogP contribution in [0.2, 0.25) is 0 Å². The lowest BCUT2D eigenvalue weighted by Gasteiger charge is -2.41. The second-order valence-electron chi connectivity index (χ2n) is 7.18. The van der Waals surface area contributed by atoms with E-state index in [1.807, 2.05) is 24.3 Å². The second kappa shape index (κ2) is 7.39. The molecule has 0 aromatic carbocycles. The number of rotatable bonds is 3. The number of aromatic nitrogens is 3. The van der Waals surface area contributed by atoms with E-state index in [1.54, 1.807) is 6.07 Å². The van der Waals surface area contributed by atoms with Crippen LogP contribution in [-0.2, 0) is 11.6 Å². The molecule has 148 valence electrons. The van der Waals surface area contributed by atoms with Crippen LogP contribution in [0.4, 0.5) is 13.2 Å². The highest BCUT2D eigenvalue weighted by molar-refractivity contribution is 9.09. The van der Waals surface area contributed by atoms with Gasteiger partial charge in [-0.15, -0.1) is 0 Å². The SMILES string of the molecule is FC(F)(F)c1ccn(-c2cccc(C3(C4=CC=CC(Br)N4)CCCCC3)n2)n1. The number of alkyl halides is 4. The molecule has 2 aromatic heterocycles. The van der Waals surface area contributed by atoms with Crippen molar-refractivity contribution in [3.05, 3.63) is 65.8 Å². The zero-order chi connectivity index (χ0) is 19.8. The number of hydrogen-bond donors (Lipinski definition) is 1. The molecule has 0 radical (unpaired) electrons. The summed E-state index contributed by atoms with van der Waals surface area (Å²) in [7, 11) is 0. The Morgan fingerprint density at radius 2 is 1.93 bits per heavy atom. The van der Waals surface area contributed by atoms with E-state index in [2.05, 4.69) is 32.4 Å². The molecular weight excluding hydrogens is 433 g/mol. The molecule has 1 N–H and O–H groups in total. The Morgan fingerprint density at radius 3 is 2.61 bits per heavy atom. The van der Waals surface area contributed by atoms with Crippen molar-refractivity contribution < 1.29 is 13.2 Å². The van der Waals surface area contributed by atoms with Gasteiger partial charge in [0.2, 0.25) is 0 Å². The fourth-order valence-electron chi connectivity index (χ4n) is 4.03. The van der Waals surface area contributed by atoms with Gasteiger partial charge in [0.05, 0.1) is 11.1 Å². The van der Waals surface area contributed by atoms with Crippen molar-refractivity contribution in [2.75, 3.05) is 0 Å². The van der Waals surface area contributed by atoms with Crippen LogP contribution in [0.1, 0.15) is 43.5 Å². The lowest BCUT2D eigenvalue weighted by Crippen LogP contribution is -2.41. The molecule has 1 aliphatic carbocycles. The molecule has 8 heteroatoms. The van der Waals surface area contributed by atoms with Crippen molar-refractivity contribution >= 4 is 15.9 Å². The average Bonchev–Trinajstić information content (AvgIpc) is 3.19. The summed E-state index contributed by atoms with van der Waals surface area (Å²) in [6.07, 6.45) is 8.19. The first-order chi connectivity index (χ1) is 13.4. The van der Waals surface area contributed by atoms with Gasteiger partial charge in [-0.3, -0.25) is 0 Å². The number of pyridine rings is 1. The first kappa shape index (κ1) is 19.2. The smallest absolute Gasteiger partial charge is 0.372 e. The molecule has 1 saturated carbocycles. The maximum Gasteiger partial charge on any atom is 0.435 e. The monoisotopic (exact) mass is 452 g/mol. The van der Waals surface area contributed by atoms with E-state index in [0.29, 0.717) is 5.82 Å². The molecule has 3 heterocycles.